The summed E-state index contributed by atoms with van der Waals surface area (Å²) in [6.07, 6.45) is 0.933. The highest BCUT2D eigenvalue weighted by Crippen LogP contribution is 2.21. The zero-order valence-electron chi connectivity index (χ0n) is 17.0. The molecule has 0 unspecified atom stereocenters. The van der Waals surface area contributed by atoms with Gasteiger partial charge in [0.05, 0.1) is 12.2 Å². The molecule has 1 aliphatic heterocycles. The fraction of sp³-hybridized carbons (Fsp3) is 0.455. The van der Waals surface area contributed by atoms with E-state index in [0.717, 1.165) is 32.6 Å². The lowest BCUT2D eigenvalue weighted by molar-refractivity contribution is 0.0525. The number of rotatable bonds is 5. The normalized spacial score (nSPS) is 15.3. The van der Waals surface area contributed by atoms with Crippen LogP contribution in [-0.4, -0.2) is 59.4 Å². The summed E-state index contributed by atoms with van der Waals surface area (Å²) in [5.74, 6) is -0.421. The zero-order valence-corrected chi connectivity index (χ0v) is 17.0. The number of aryl methyl sites for hydroxylation is 1. The highest BCUT2D eigenvalue weighted by Gasteiger charge is 2.27. The number of nitrogens with one attached hydrogen (secondary N) is 1. The number of H-pyrrole nitrogens is 1. The lowest BCUT2D eigenvalue weighted by atomic mass is 10.1. The molecule has 6 nitrogen and oxygen atoms in total. The smallest absolute Gasteiger partial charge is 0.340 e. The Bertz CT molecular complexity index is 829. The molecule has 150 valence electrons. The van der Waals surface area contributed by atoms with Crippen molar-refractivity contribution in [2.45, 2.75) is 33.7 Å². The molecule has 0 atom stereocenters. The van der Waals surface area contributed by atoms with Crippen LogP contribution in [0.5, 0.6) is 0 Å². The highest BCUT2D eigenvalue weighted by molar-refractivity contribution is 6.00. The van der Waals surface area contributed by atoms with Crippen molar-refractivity contribution in [3.05, 3.63) is 58.4 Å². The topological polar surface area (TPSA) is 65.6 Å². The van der Waals surface area contributed by atoms with Gasteiger partial charge in [0.2, 0.25) is 0 Å². The summed E-state index contributed by atoms with van der Waals surface area (Å²) in [5.41, 5.74) is 3.62. The van der Waals surface area contributed by atoms with Crippen LogP contribution in [0.15, 0.2) is 30.3 Å². The molecule has 1 aliphatic rings. The van der Waals surface area contributed by atoms with Crippen LogP contribution in [0.2, 0.25) is 0 Å². The van der Waals surface area contributed by atoms with E-state index in [2.05, 4.69) is 34.1 Å². The second-order valence-electron chi connectivity index (χ2n) is 7.25. The van der Waals surface area contributed by atoms with E-state index in [4.69, 9.17) is 4.74 Å². The van der Waals surface area contributed by atoms with E-state index in [0.29, 0.717) is 35.7 Å². The maximum Gasteiger partial charge on any atom is 0.340 e. The number of hydrogen-bond acceptors (Lipinski definition) is 4. The molecule has 2 aromatic rings. The first-order valence-corrected chi connectivity index (χ1v) is 9.93. The van der Waals surface area contributed by atoms with Crippen LogP contribution in [-0.2, 0) is 11.3 Å². The van der Waals surface area contributed by atoms with Gasteiger partial charge in [-0.15, -0.1) is 0 Å². The predicted molar refractivity (Wildman–Crippen MR) is 108 cm³/mol. The quantitative estimate of drug-likeness (QED) is 0.806. The summed E-state index contributed by atoms with van der Waals surface area (Å²) < 4.78 is 5.13. The highest BCUT2D eigenvalue weighted by atomic mass is 16.5. The monoisotopic (exact) mass is 383 g/mol. The average molecular weight is 383 g/mol. The molecule has 1 aromatic heterocycles. The first-order chi connectivity index (χ1) is 13.5. The van der Waals surface area contributed by atoms with Crippen molar-refractivity contribution in [3.8, 4) is 0 Å². The van der Waals surface area contributed by atoms with E-state index >= 15 is 0 Å². The standard InChI is InChI=1S/C22H29N3O3/c1-4-28-22(27)19-16(2)20(23-17(19)3)21(26)25-12-8-11-24(13-14-25)15-18-9-6-5-7-10-18/h5-7,9-10,23H,4,8,11-15H2,1-3H3. The molecular weight excluding hydrogens is 354 g/mol. The summed E-state index contributed by atoms with van der Waals surface area (Å²) in [6.45, 7) is 9.81. The van der Waals surface area contributed by atoms with Crippen LogP contribution >= 0.6 is 0 Å². The van der Waals surface area contributed by atoms with Crippen molar-refractivity contribution < 1.29 is 14.3 Å². The number of nitrogens with zero attached hydrogens (tertiary/aromatic N) is 2. The predicted octanol–water partition coefficient (Wildman–Crippen LogP) is 3.16. The van der Waals surface area contributed by atoms with Gasteiger partial charge < -0.3 is 14.6 Å². The Hall–Kier alpha value is -2.60. The van der Waals surface area contributed by atoms with Crippen LogP contribution in [0.1, 0.15) is 51.0 Å². The maximum absolute atomic E-state index is 13.1. The van der Waals surface area contributed by atoms with Gasteiger partial charge in [0, 0.05) is 38.4 Å². The molecule has 1 aromatic carbocycles. The van der Waals surface area contributed by atoms with Gasteiger partial charge in [0.15, 0.2) is 0 Å². The molecule has 1 fully saturated rings. The number of esters is 1. The number of carbonyl (C=O) groups is 2. The van der Waals surface area contributed by atoms with Crippen LogP contribution in [0, 0.1) is 13.8 Å². The first kappa shape index (κ1) is 20.1. The van der Waals surface area contributed by atoms with Gasteiger partial charge >= 0.3 is 5.97 Å². The van der Waals surface area contributed by atoms with Crippen LogP contribution in [0.4, 0.5) is 0 Å². The van der Waals surface area contributed by atoms with E-state index in [-0.39, 0.29) is 11.9 Å². The largest absolute Gasteiger partial charge is 0.462 e. The Morgan fingerprint density at radius 2 is 1.82 bits per heavy atom. The number of carbonyl (C=O) groups excluding carboxylic acids is 2. The second-order valence-corrected chi connectivity index (χ2v) is 7.25. The molecule has 1 N–H and O–H groups in total. The molecule has 0 aliphatic carbocycles. The molecule has 0 spiro atoms. The number of aromatic amines is 1. The van der Waals surface area contributed by atoms with Crippen molar-refractivity contribution in [2.24, 2.45) is 0 Å². The van der Waals surface area contributed by atoms with Gasteiger partial charge in [-0.25, -0.2) is 4.79 Å². The van der Waals surface area contributed by atoms with Crippen molar-refractivity contribution in [1.29, 1.82) is 0 Å². The Morgan fingerprint density at radius 1 is 1.07 bits per heavy atom. The van der Waals surface area contributed by atoms with E-state index in [1.54, 1.807) is 13.8 Å². The lowest BCUT2D eigenvalue weighted by Gasteiger charge is -2.22. The fourth-order valence-electron chi connectivity index (χ4n) is 3.81. The summed E-state index contributed by atoms with van der Waals surface area (Å²) in [6, 6.07) is 10.4. The van der Waals surface area contributed by atoms with E-state index in [1.165, 1.54) is 5.56 Å². The summed E-state index contributed by atoms with van der Waals surface area (Å²) in [4.78, 5) is 32.7. The third-order valence-electron chi connectivity index (χ3n) is 5.26. The van der Waals surface area contributed by atoms with Crippen molar-refractivity contribution >= 4 is 11.9 Å². The molecule has 0 saturated carbocycles. The van der Waals surface area contributed by atoms with Crippen molar-refractivity contribution in [2.75, 3.05) is 32.8 Å². The molecule has 0 radical (unpaired) electrons. The SMILES string of the molecule is CCOC(=O)c1c(C)[nH]c(C(=O)N2CCCN(Cc3ccccc3)CC2)c1C. The molecule has 3 rings (SSSR count). The minimum Gasteiger partial charge on any atom is -0.462 e. The Kier molecular flexibility index (Phi) is 6.52. The Balaban J connectivity index is 1.68. The number of benzene rings is 1. The van der Waals surface area contributed by atoms with Gasteiger partial charge in [-0.1, -0.05) is 30.3 Å². The molecular formula is C22H29N3O3. The average Bonchev–Trinajstić information content (AvgIpc) is 2.83. The zero-order chi connectivity index (χ0) is 20.1. The minimum absolute atomic E-state index is 0.0438. The van der Waals surface area contributed by atoms with Gasteiger partial charge in [-0.2, -0.15) is 0 Å². The molecule has 2 heterocycles. The van der Waals surface area contributed by atoms with Crippen LogP contribution in [0.3, 0.4) is 0 Å². The van der Waals surface area contributed by atoms with Gasteiger partial charge in [-0.05, 0) is 38.3 Å². The van der Waals surface area contributed by atoms with Crippen molar-refractivity contribution in [1.82, 2.24) is 14.8 Å². The van der Waals surface area contributed by atoms with Crippen molar-refractivity contribution in [3.63, 3.8) is 0 Å². The van der Waals surface area contributed by atoms with Crippen LogP contribution in [0.25, 0.3) is 0 Å². The Morgan fingerprint density at radius 3 is 2.54 bits per heavy atom. The number of aromatic nitrogens is 1. The van der Waals surface area contributed by atoms with Gasteiger partial charge in [0.1, 0.15) is 5.69 Å². The van der Waals surface area contributed by atoms with Gasteiger partial charge in [0.25, 0.3) is 5.91 Å². The molecule has 1 saturated heterocycles. The van der Waals surface area contributed by atoms with Gasteiger partial charge in [-0.3, -0.25) is 9.69 Å². The summed E-state index contributed by atoms with van der Waals surface area (Å²) in [7, 11) is 0. The second kappa shape index (κ2) is 9.06. The van der Waals surface area contributed by atoms with E-state index < -0.39 is 0 Å². The number of hydrogen-bond donors (Lipinski definition) is 1. The Labute approximate surface area is 166 Å². The lowest BCUT2D eigenvalue weighted by Crippen LogP contribution is -2.35. The third kappa shape index (κ3) is 4.44. The fourth-order valence-corrected chi connectivity index (χ4v) is 3.81. The molecule has 6 heteroatoms. The number of ether oxygens (including phenoxy) is 1. The third-order valence-corrected chi connectivity index (χ3v) is 5.26. The van der Waals surface area contributed by atoms with E-state index in [1.807, 2.05) is 17.9 Å². The summed E-state index contributed by atoms with van der Waals surface area (Å²) >= 11 is 0. The minimum atomic E-state index is -0.377. The van der Waals surface area contributed by atoms with Crippen LogP contribution < -0.4 is 0 Å². The maximum atomic E-state index is 13.1. The van der Waals surface area contributed by atoms with E-state index in [9.17, 15) is 9.59 Å². The molecule has 0 bridgehead atoms. The molecule has 1 amide bonds. The first-order valence-electron chi connectivity index (χ1n) is 9.93. The number of amides is 1. The molecule has 28 heavy (non-hydrogen) atoms. The summed E-state index contributed by atoms with van der Waals surface area (Å²) in [5, 5.41) is 0.